The van der Waals surface area contributed by atoms with E-state index in [9.17, 15) is 13.2 Å². The van der Waals surface area contributed by atoms with Gasteiger partial charge in [0, 0.05) is 12.2 Å². The van der Waals surface area contributed by atoms with Crippen LogP contribution in [0.15, 0.2) is 11.6 Å². The lowest BCUT2D eigenvalue weighted by Crippen LogP contribution is -2.09. The molecule has 0 aliphatic heterocycles. The largest absolute Gasteiger partial charge is 0.412 e. The Bertz CT molecular complexity index is 149. The van der Waals surface area contributed by atoms with Gasteiger partial charge in [0.2, 0.25) is 0 Å². The van der Waals surface area contributed by atoms with Gasteiger partial charge in [-0.05, 0) is 13.3 Å². The molecule has 4 heteroatoms. The normalized spacial score (nSPS) is 13.6. The fourth-order valence-electron chi connectivity index (χ4n) is 0.527. The minimum atomic E-state index is -4.21. The Balaban J connectivity index is 3.70. The van der Waals surface area contributed by atoms with Gasteiger partial charge in [-0.1, -0.05) is 13.0 Å². The van der Waals surface area contributed by atoms with Crippen LogP contribution in [0, 0.1) is 0 Å². The first-order valence-electron chi connectivity index (χ1n) is 3.80. The van der Waals surface area contributed by atoms with Crippen LogP contribution in [0.4, 0.5) is 13.2 Å². The summed E-state index contributed by atoms with van der Waals surface area (Å²) in [6, 6.07) is 0. The zero-order valence-corrected chi connectivity index (χ0v) is 7.24. The Kier molecular flexibility index (Phi) is 4.97. The molecule has 0 atom stereocenters. The van der Waals surface area contributed by atoms with Crippen LogP contribution in [-0.4, -0.2) is 19.4 Å². The number of halogens is 3. The highest BCUT2D eigenvalue weighted by Crippen LogP contribution is 2.24. The third-order valence-corrected chi connectivity index (χ3v) is 1.30. The van der Waals surface area contributed by atoms with Gasteiger partial charge in [0.1, 0.15) is 0 Å². The molecule has 0 aromatic heterocycles. The van der Waals surface area contributed by atoms with Crippen molar-refractivity contribution >= 4 is 0 Å². The van der Waals surface area contributed by atoms with E-state index in [1.807, 2.05) is 6.92 Å². The van der Waals surface area contributed by atoms with Crippen LogP contribution in [0.1, 0.15) is 20.3 Å². The molecule has 12 heavy (non-hydrogen) atoms. The Morgan fingerprint density at radius 2 is 2.00 bits per heavy atom. The molecule has 0 rings (SSSR count). The van der Waals surface area contributed by atoms with Gasteiger partial charge in [0.25, 0.3) is 0 Å². The Morgan fingerprint density at radius 1 is 1.42 bits per heavy atom. The van der Waals surface area contributed by atoms with Crippen LogP contribution >= 0.6 is 0 Å². The van der Waals surface area contributed by atoms with E-state index < -0.39 is 11.7 Å². The molecule has 0 aromatic rings. The Hall–Kier alpha value is -0.510. The van der Waals surface area contributed by atoms with Gasteiger partial charge in [0.15, 0.2) is 0 Å². The number of hydrogen-bond acceptors (Lipinski definition) is 1. The second kappa shape index (κ2) is 5.19. The predicted molar refractivity (Wildman–Crippen MR) is 40.9 cm³/mol. The molecule has 0 aliphatic rings. The highest BCUT2D eigenvalue weighted by atomic mass is 19.4. The van der Waals surface area contributed by atoms with Crippen molar-refractivity contribution in [3.8, 4) is 0 Å². The first-order chi connectivity index (χ1) is 5.48. The lowest BCUT2D eigenvalue weighted by molar-refractivity contribution is -0.0919. The Morgan fingerprint density at radius 3 is 2.42 bits per heavy atom. The summed E-state index contributed by atoms with van der Waals surface area (Å²) in [5.41, 5.74) is -0.599. The molecule has 0 heterocycles. The SMILES string of the molecule is CCCOCC=C(C)C(F)(F)F. The van der Waals surface area contributed by atoms with E-state index in [-0.39, 0.29) is 6.61 Å². The zero-order chi connectivity index (χ0) is 9.61. The molecule has 0 saturated carbocycles. The quantitative estimate of drug-likeness (QED) is 0.479. The van der Waals surface area contributed by atoms with E-state index >= 15 is 0 Å². The summed E-state index contributed by atoms with van der Waals surface area (Å²) in [4.78, 5) is 0. The van der Waals surface area contributed by atoms with Gasteiger partial charge in [0.05, 0.1) is 6.61 Å². The van der Waals surface area contributed by atoms with Crippen molar-refractivity contribution in [1.29, 1.82) is 0 Å². The second-order valence-corrected chi connectivity index (χ2v) is 2.46. The third kappa shape index (κ3) is 5.18. The van der Waals surface area contributed by atoms with Crippen molar-refractivity contribution in [2.45, 2.75) is 26.4 Å². The first kappa shape index (κ1) is 11.5. The number of hydrogen-bond donors (Lipinski definition) is 0. The van der Waals surface area contributed by atoms with Gasteiger partial charge < -0.3 is 4.74 Å². The number of alkyl halides is 3. The molecule has 72 valence electrons. The van der Waals surface area contributed by atoms with Crippen molar-refractivity contribution in [2.75, 3.05) is 13.2 Å². The van der Waals surface area contributed by atoms with E-state index in [0.717, 1.165) is 19.4 Å². The van der Waals surface area contributed by atoms with Crippen LogP contribution in [-0.2, 0) is 4.74 Å². The van der Waals surface area contributed by atoms with Gasteiger partial charge in [-0.15, -0.1) is 0 Å². The topological polar surface area (TPSA) is 9.23 Å². The molecular formula is C8H13F3O. The van der Waals surface area contributed by atoms with Crippen molar-refractivity contribution in [3.05, 3.63) is 11.6 Å². The van der Waals surface area contributed by atoms with Crippen molar-refractivity contribution in [3.63, 3.8) is 0 Å². The van der Waals surface area contributed by atoms with Crippen LogP contribution in [0.2, 0.25) is 0 Å². The van der Waals surface area contributed by atoms with Crippen molar-refractivity contribution in [2.24, 2.45) is 0 Å². The molecular weight excluding hydrogens is 169 g/mol. The summed E-state index contributed by atoms with van der Waals surface area (Å²) >= 11 is 0. The van der Waals surface area contributed by atoms with Crippen LogP contribution in [0.25, 0.3) is 0 Å². The second-order valence-electron chi connectivity index (χ2n) is 2.46. The summed E-state index contributed by atoms with van der Waals surface area (Å²) < 4.78 is 40.4. The molecule has 1 nitrogen and oxygen atoms in total. The minimum absolute atomic E-state index is 0.0409. The molecule has 0 saturated heterocycles. The molecule has 0 unspecified atom stereocenters. The summed E-state index contributed by atoms with van der Waals surface area (Å²) in [6.07, 6.45) is -2.34. The standard InChI is InChI=1S/C8H13F3O/c1-3-5-12-6-4-7(2)8(9,10)11/h4H,3,5-6H2,1-2H3. The molecule has 0 aliphatic carbocycles. The highest BCUT2D eigenvalue weighted by molar-refractivity contribution is 5.04. The monoisotopic (exact) mass is 182 g/mol. The predicted octanol–water partition coefficient (Wildman–Crippen LogP) is 2.92. The third-order valence-electron chi connectivity index (χ3n) is 1.30. The van der Waals surface area contributed by atoms with Gasteiger partial charge in [-0.3, -0.25) is 0 Å². The summed E-state index contributed by atoms with van der Waals surface area (Å²) in [7, 11) is 0. The van der Waals surface area contributed by atoms with Crippen LogP contribution in [0.5, 0.6) is 0 Å². The van der Waals surface area contributed by atoms with Gasteiger partial charge in [-0.25, -0.2) is 0 Å². The van der Waals surface area contributed by atoms with Crippen LogP contribution in [0.3, 0.4) is 0 Å². The molecule has 0 N–H and O–H groups in total. The maximum absolute atomic E-state index is 11.8. The average Bonchev–Trinajstić information content (AvgIpc) is 1.96. The van der Waals surface area contributed by atoms with Crippen LogP contribution < -0.4 is 0 Å². The zero-order valence-electron chi connectivity index (χ0n) is 7.24. The Labute approximate surface area is 70.2 Å². The number of ether oxygens (including phenoxy) is 1. The number of allylic oxidation sites excluding steroid dienone is 1. The van der Waals surface area contributed by atoms with E-state index in [2.05, 4.69) is 0 Å². The molecule has 0 amide bonds. The maximum Gasteiger partial charge on any atom is 0.412 e. The van der Waals surface area contributed by atoms with E-state index in [1.165, 1.54) is 0 Å². The summed E-state index contributed by atoms with van der Waals surface area (Å²) in [5, 5.41) is 0. The summed E-state index contributed by atoms with van der Waals surface area (Å²) in [5.74, 6) is 0. The minimum Gasteiger partial charge on any atom is -0.377 e. The molecule has 0 radical (unpaired) electrons. The molecule has 0 fully saturated rings. The smallest absolute Gasteiger partial charge is 0.377 e. The van der Waals surface area contributed by atoms with Gasteiger partial charge >= 0.3 is 6.18 Å². The fourth-order valence-corrected chi connectivity index (χ4v) is 0.527. The molecule has 0 bridgehead atoms. The lowest BCUT2D eigenvalue weighted by atomic mass is 10.3. The highest BCUT2D eigenvalue weighted by Gasteiger charge is 2.29. The molecule has 0 aromatic carbocycles. The van der Waals surface area contributed by atoms with E-state index in [0.29, 0.717) is 6.61 Å². The fraction of sp³-hybridized carbons (Fsp3) is 0.750. The maximum atomic E-state index is 11.8. The van der Waals surface area contributed by atoms with Gasteiger partial charge in [-0.2, -0.15) is 13.2 Å². The number of rotatable bonds is 4. The first-order valence-corrected chi connectivity index (χ1v) is 3.80. The molecule has 0 spiro atoms. The van der Waals surface area contributed by atoms with E-state index in [4.69, 9.17) is 4.74 Å². The summed E-state index contributed by atoms with van der Waals surface area (Å²) in [6.45, 7) is 3.48. The lowest BCUT2D eigenvalue weighted by Gasteiger charge is -2.05. The van der Waals surface area contributed by atoms with Crippen molar-refractivity contribution < 1.29 is 17.9 Å². The van der Waals surface area contributed by atoms with E-state index in [1.54, 1.807) is 0 Å². The average molecular weight is 182 g/mol. The van der Waals surface area contributed by atoms with Crippen molar-refractivity contribution in [1.82, 2.24) is 0 Å².